The first-order valence-electron chi connectivity index (χ1n) is 14.3. The summed E-state index contributed by atoms with van der Waals surface area (Å²) in [6.07, 6.45) is 1.17. The summed E-state index contributed by atoms with van der Waals surface area (Å²) in [5.74, 6) is -2.41. The highest BCUT2D eigenvalue weighted by atomic mass is 32.2. The largest absolute Gasteiger partial charge is 0.481 e. The number of nitrogens with one attached hydrogen (secondary N) is 2. The monoisotopic (exact) mass is 590 g/mol. The number of nitriles is 1. The normalized spacial score (nSPS) is 17.1. The summed E-state index contributed by atoms with van der Waals surface area (Å²) < 4.78 is 30.3. The van der Waals surface area contributed by atoms with Crippen LogP contribution >= 0.6 is 0 Å². The molecular formula is C32H38N4O5S. The number of rotatable bonds is 14. The van der Waals surface area contributed by atoms with Crippen LogP contribution in [0.5, 0.6) is 0 Å². The second-order valence-electron chi connectivity index (χ2n) is 11.2. The molecule has 42 heavy (non-hydrogen) atoms. The minimum Gasteiger partial charge on any atom is -0.481 e. The molecule has 0 radical (unpaired) electrons. The van der Waals surface area contributed by atoms with E-state index in [2.05, 4.69) is 16.1 Å². The number of carboxylic acids is 1. The van der Waals surface area contributed by atoms with Crippen LogP contribution < -0.4 is 15.8 Å². The molecule has 1 saturated heterocycles. The Morgan fingerprint density at radius 1 is 1.05 bits per heavy atom. The molecule has 9 nitrogen and oxygen atoms in total. The first-order valence-corrected chi connectivity index (χ1v) is 15.8. The number of carbonyl (C=O) groups is 2. The van der Waals surface area contributed by atoms with Crippen LogP contribution in [0.25, 0.3) is 10.8 Å². The van der Waals surface area contributed by atoms with Crippen LogP contribution in [0.2, 0.25) is 0 Å². The Balaban J connectivity index is 1.79. The molecule has 1 aliphatic heterocycles. The molecule has 1 heterocycles. The maximum atomic E-state index is 14.8. The highest BCUT2D eigenvalue weighted by Crippen LogP contribution is 2.44. The third-order valence-corrected chi connectivity index (χ3v) is 9.88. The molecule has 1 aliphatic rings. The first kappa shape index (κ1) is 31.3. The Labute approximate surface area is 247 Å². The van der Waals surface area contributed by atoms with Gasteiger partial charge in [0.2, 0.25) is 10.0 Å². The molecule has 1 fully saturated rings. The number of sulfonamides is 1. The molecule has 10 heteroatoms. The number of benzene rings is 3. The van der Waals surface area contributed by atoms with E-state index in [0.29, 0.717) is 0 Å². The summed E-state index contributed by atoms with van der Waals surface area (Å²) in [6.45, 7) is 1.37. The quantitative estimate of drug-likeness (QED) is 0.221. The molecule has 222 valence electrons. The van der Waals surface area contributed by atoms with Gasteiger partial charge in [-0.2, -0.15) is 5.26 Å². The van der Waals surface area contributed by atoms with Gasteiger partial charge in [-0.3, -0.25) is 9.59 Å². The van der Waals surface area contributed by atoms with E-state index in [-0.39, 0.29) is 36.6 Å². The van der Waals surface area contributed by atoms with Gasteiger partial charge in [0, 0.05) is 11.8 Å². The second kappa shape index (κ2) is 14.0. The summed E-state index contributed by atoms with van der Waals surface area (Å²) in [5, 5.41) is 24.7. The minimum atomic E-state index is -4.19. The van der Waals surface area contributed by atoms with E-state index in [0.717, 1.165) is 42.3 Å². The fraction of sp³-hybridized carbons (Fsp3) is 0.406. The first-order chi connectivity index (χ1) is 20.2. The van der Waals surface area contributed by atoms with Gasteiger partial charge in [-0.25, -0.2) is 13.1 Å². The zero-order valence-corrected chi connectivity index (χ0v) is 24.4. The van der Waals surface area contributed by atoms with Gasteiger partial charge in [-0.05, 0) is 85.6 Å². The topological polar surface area (TPSA) is 162 Å². The van der Waals surface area contributed by atoms with Crippen LogP contribution in [0.4, 0.5) is 0 Å². The number of fused-ring (bicyclic) bond motifs is 1. The number of carboxylic acid groups (broad SMARTS) is 1. The van der Waals surface area contributed by atoms with Gasteiger partial charge in [0.05, 0.1) is 23.4 Å². The summed E-state index contributed by atoms with van der Waals surface area (Å²) in [7, 11) is -4.19. The van der Waals surface area contributed by atoms with Gasteiger partial charge in [0.25, 0.3) is 0 Å². The van der Waals surface area contributed by atoms with Crippen LogP contribution in [0.15, 0.2) is 77.7 Å². The van der Waals surface area contributed by atoms with E-state index < -0.39 is 45.6 Å². The maximum absolute atomic E-state index is 14.8. The van der Waals surface area contributed by atoms with Crippen molar-refractivity contribution in [2.45, 2.75) is 49.5 Å². The number of hydrogen-bond donors (Lipinski definition) is 4. The summed E-state index contributed by atoms with van der Waals surface area (Å²) in [6, 6.07) is 22.1. The molecule has 3 atom stereocenters. The fourth-order valence-corrected chi connectivity index (χ4v) is 7.43. The molecule has 0 aliphatic carbocycles. The van der Waals surface area contributed by atoms with Crippen molar-refractivity contribution in [3.8, 4) is 6.07 Å². The molecule has 0 saturated carbocycles. The molecule has 0 amide bonds. The lowest BCUT2D eigenvalue weighted by Gasteiger charge is -2.42. The number of Topliss-reactive ketones (excluding diaryl/α,β-unsaturated/α-hetero) is 1. The number of ketones is 1. The fourth-order valence-electron chi connectivity index (χ4n) is 6.20. The van der Waals surface area contributed by atoms with Crippen molar-refractivity contribution in [2.75, 3.05) is 19.6 Å². The zero-order chi connectivity index (χ0) is 30.2. The minimum absolute atomic E-state index is 0.0113. The van der Waals surface area contributed by atoms with Gasteiger partial charge in [0.15, 0.2) is 5.78 Å². The lowest BCUT2D eigenvalue weighted by atomic mass is 9.61. The van der Waals surface area contributed by atoms with Crippen LogP contribution in [0.3, 0.4) is 0 Å². The number of aliphatic carboxylic acids is 1. The van der Waals surface area contributed by atoms with Crippen molar-refractivity contribution in [2.24, 2.45) is 23.0 Å². The van der Waals surface area contributed by atoms with Crippen LogP contribution in [-0.4, -0.2) is 51.0 Å². The lowest BCUT2D eigenvalue weighted by molar-refractivity contribution is -0.142. The molecule has 0 bridgehead atoms. The van der Waals surface area contributed by atoms with Crippen molar-refractivity contribution in [1.82, 2.24) is 10.0 Å². The second-order valence-corrected chi connectivity index (χ2v) is 12.9. The highest BCUT2D eigenvalue weighted by molar-refractivity contribution is 7.89. The molecule has 3 aromatic rings. The van der Waals surface area contributed by atoms with E-state index in [1.165, 1.54) is 6.07 Å². The maximum Gasteiger partial charge on any atom is 0.303 e. The van der Waals surface area contributed by atoms with Crippen LogP contribution in [-0.2, 0) is 26.0 Å². The van der Waals surface area contributed by atoms with Crippen molar-refractivity contribution in [1.29, 1.82) is 5.26 Å². The van der Waals surface area contributed by atoms with Crippen molar-refractivity contribution < 1.29 is 23.1 Å². The lowest BCUT2D eigenvalue weighted by Crippen LogP contribution is -2.54. The third kappa shape index (κ3) is 7.41. The Morgan fingerprint density at radius 3 is 2.36 bits per heavy atom. The smallest absolute Gasteiger partial charge is 0.303 e. The Bertz CT molecular complexity index is 1530. The average Bonchev–Trinajstić information content (AvgIpc) is 2.99. The molecule has 3 aromatic carbocycles. The predicted molar refractivity (Wildman–Crippen MR) is 161 cm³/mol. The average molecular weight is 591 g/mol. The third-order valence-electron chi connectivity index (χ3n) is 8.41. The summed E-state index contributed by atoms with van der Waals surface area (Å²) in [4.78, 5) is 26.8. The number of hydrogen-bond acceptors (Lipinski definition) is 7. The van der Waals surface area contributed by atoms with Crippen molar-refractivity contribution in [3.63, 3.8) is 0 Å². The molecule has 4 rings (SSSR count). The highest BCUT2D eigenvalue weighted by Gasteiger charge is 2.50. The van der Waals surface area contributed by atoms with Crippen molar-refractivity contribution in [3.05, 3.63) is 78.4 Å². The van der Waals surface area contributed by atoms with E-state index in [1.54, 1.807) is 36.4 Å². The number of nitrogens with zero attached hydrogens (tertiary/aromatic N) is 1. The molecular weight excluding hydrogens is 552 g/mol. The Hall–Kier alpha value is -3.62. The van der Waals surface area contributed by atoms with Gasteiger partial charge in [0.1, 0.15) is 0 Å². The van der Waals surface area contributed by atoms with Crippen LogP contribution in [0.1, 0.15) is 37.7 Å². The van der Waals surface area contributed by atoms with Gasteiger partial charge < -0.3 is 16.2 Å². The number of carbonyl (C=O) groups excluding carboxylic acids is 1. The number of nitrogens with two attached hydrogens (primary N) is 1. The molecule has 2 unspecified atom stereocenters. The SMILES string of the molecule is N#CCC(CC1CCNCC1)(C(=O)[C@H](Cc1ccccc1)NS(=O)(=O)c1ccc2ccccc2c1)C(CN)CC(=O)O. The van der Waals surface area contributed by atoms with Gasteiger partial charge in [-0.15, -0.1) is 0 Å². The predicted octanol–water partition coefficient (Wildman–Crippen LogP) is 3.64. The zero-order valence-electron chi connectivity index (χ0n) is 23.5. The molecule has 0 aromatic heterocycles. The number of piperidine rings is 1. The Morgan fingerprint density at radius 2 is 1.71 bits per heavy atom. The Kier molecular flexibility index (Phi) is 10.5. The summed E-state index contributed by atoms with van der Waals surface area (Å²) in [5.41, 5.74) is 5.41. The van der Waals surface area contributed by atoms with E-state index in [4.69, 9.17) is 5.73 Å². The standard InChI is InChI=1S/C32H38N4O5S/c33-15-14-32(27(22-34)20-30(37)38,21-24-12-16-35-17-13-24)31(39)29(18-23-6-2-1-3-7-23)36-42(40,41)28-11-10-25-8-4-5-9-26(25)19-28/h1-11,19,24,27,29,35-36H,12-14,16-18,20-22,34H2,(H,37,38)/t27?,29-,32?/m0/s1. The van der Waals surface area contributed by atoms with E-state index in [1.807, 2.05) is 30.3 Å². The summed E-state index contributed by atoms with van der Waals surface area (Å²) >= 11 is 0. The van der Waals surface area contributed by atoms with Crippen molar-refractivity contribution >= 4 is 32.5 Å². The van der Waals surface area contributed by atoms with Crippen LogP contribution in [0, 0.1) is 28.6 Å². The molecule has 5 N–H and O–H groups in total. The van der Waals surface area contributed by atoms with Gasteiger partial charge in [-0.1, -0.05) is 60.7 Å². The molecule has 0 spiro atoms. The van der Waals surface area contributed by atoms with E-state index in [9.17, 15) is 28.4 Å². The van der Waals surface area contributed by atoms with Gasteiger partial charge >= 0.3 is 5.97 Å². The van der Waals surface area contributed by atoms with E-state index >= 15 is 0 Å².